The quantitative estimate of drug-likeness (QED) is 0.190. The monoisotopic (exact) mass is 103 g/mol. The second-order valence-corrected chi connectivity index (χ2v) is 0.597. The van der Waals surface area contributed by atoms with Gasteiger partial charge in [0.15, 0.2) is 0 Å². The summed E-state index contributed by atoms with van der Waals surface area (Å²) in [6.07, 6.45) is 1.06. The van der Waals surface area contributed by atoms with Crippen LogP contribution in [0, 0.1) is 11.5 Å². The van der Waals surface area contributed by atoms with Crippen LogP contribution in [0.4, 0.5) is 0 Å². The first-order valence-corrected chi connectivity index (χ1v) is 1.35. The normalized spacial score (nSPS) is 7.00. The lowest BCUT2D eigenvalue weighted by molar-refractivity contribution is -0.171. The molecule has 0 aliphatic heterocycles. The molecule has 0 aromatic rings. The number of nitriles is 1. The summed E-state index contributed by atoms with van der Waals surface area (Å²) in [4.78, 5) is 6.84. The Kier molecular flexibility index (Phi) is 3.05. The molecule has 0 amide bonds. The van der Waals surface area contributed by atoms with Crippen molar-refractivity contribution in [2.75, 3.05) is 0 Å². The van der Waals surface area contributed by atoms with E-state index in [0.29, 0.717) is 0 Å². The van der Waals surface area contributed by atoms with Crippen LogP contribution in [0.15, 0.2) is 0 Å². The molecular formula is CH2BNO4. The molecule has 0 atom stereocenters. The zero-order valence-electron chi connectivity index (χ0n) is 3.24. The number of hydrogen-bond donors (Lipinski definition) is 2. The maximum absolute atomic E-state index is 7.74. The van der Waals surface area contributed by atoms with Gasteiger partial charge in [0.05, 0.1) is 0 Å². The molecule has 0 rings (SSSR count). The largest absolute Gasteiger partial charge is 0.674 e. The molecule has 0 aliphatic rings. The van der Waals surface area contributed by atoms with Crippen molar-refractivity contribution in [1.29, 1.82) is 5.26 Å². The molecule has 0 saturated heterocycles. The maximum Gasteiger partial charge on any atom is 0.674 e. The number of hydrogen-bond acceptors (Lipinski definition) is 5. The summed E-state index contributed by atoms with van der Waals surface area (Å²) in [7, 11) is -2.04. The Bertz CT molecular complexity index is 76.2. The van der Waals surface area contributed by atoms with Gasteiger partial charge in [-0.15, -0.1) is 5.26 Å². The van der Waals surface area contributed by atoms with Crippen molar-refractivity contribution in [2.24, 2.45) is 0 Å². The summed E-state index contributed by atoms with van der Waals surface area (Å²) in [5.74, 6) is 0. The Morgan fingerprint density at radius 3 is 2.29 bits per heavy atom. The van der Waals surface area contributed by atoms with E-state index in [1.54, 1.807) is 0 Å². The molecule has 2 N–H and O–H groups in total. The summed E-state index contributed by atoms with van der Waals surface area (Å²) < 4.78 is 0. The standard InChI is InChI=1S/CH2BNO4/c3-1-6-7-2(4)5/h4-5H. The van der Waals surface area contributed by atoms with Crippen molar-refractivity contribution in [1.82, 2.24) is 0 Å². The summed E-state index contributed by atoms with van der Waals surface area (Å²) in [6.45, 7) is 0. The predicted molar refractivity (Wildman–Crippen MR) is 18.0 cm³/mol. The zero-order valence-corrected chi connectivity index (χ0v) is 3.24. The minimum Gasteiger partial charge on any atom is -0.400 e. The molecule has 0 spiro atoms. The Morgan fingerprint density at radius 2 is 2.14 bits per heavy atom. The van der Waals surface area contributed by atoms with E-state index < -0.39 is 7.32 Å². The highest BCUT2D eigenvalue weighted by molar-refractivity contribution is 6.32. The van der Waals surface area contributed by atoms with Gasteiger partial charge in [-0.05, 0) is 0 Å². The van der Waals surface area contributed by atoms with E-state index in [-0.39, 0.29) is 0 Å². The summed E-state index contributed by atoms with van der Waals surface area (Å²) in [5.41, 5.74) is 0. The fourth-order valence-electron chi connectivity index (χ4n) is 0.0645. The van der Waals surface area contributed by atoms with Crippen molar-refractivity contribution in [3.8, 4) is 6.26 Å². The fraction of sp³-hybridized carbons (Fsp3) is 0. The van der Waals surface area contributed by atoms with Gasteiger partial charge < -0.3 is 10.0 Å². The van der Waals surface area contributed by atoms with Gasteiger partial charge in [0.2, 0.25) is 0 Å². The van der Waals surface area contributed by atoms with E-state index in [1.165, 1.54) is 0 Å². The van der Waals surface area contributed by atoms with Crippen LogP contribution in [-0.2, 0) is 9.69 Å². The van der Waals surface area contributed by atoms with Crippen molar-refractivity contribution in [3.05, 3.63) is 0 Å². The molecule has 0 aliphatic carbocycles. The van der Waals surface area contributed by atoms with E-state index in [0.717, 1.165) is 6.26 Å². The number of rotatable bonds is 2. The van der Waals surface area contributed by atoms with Crippen LogP contribution in [0.3, 0.4) is 0 Å². The highest BCUT2D eigenvalue weighted by Crippen LogP contribution is 1.72. The molecule has 5 nitrogen and oxygen atoms in total. The third-order valence-corrected chi connectivity index (χ3v) is 0.171. The molecule has 6 heteroatoms. The SMILES string of the molecule is N#COOB(O)O. The van der Waals surface area contributed by atoms with E-state index in [9.17, 15) is 0 Å². The molecular weight excluding hydrogens is 101 g/mol. The molecule has 0 heterocycles. The molecule has 0 saturated carbocycles. The minimum atomic E-state index is -2.04. The molecule has 0 aromatic carbocycles. The van der Waals surface area contributed by atoms with Crippen LogP contribution in [0.5, 0.6) is 0 Å². The summed E-state index contributed by atoms with van der Waals surface area (Å²) in [5, 5.41) is 23.0. The third-order valence-electron chi connectivity index (χ3n) is 0.171. The average molecular weight is 103 g/mol. The Hall–Kier alpha value is -0.765. The Labute approximate surface area is 39.8 Å². The Balaban J connectivity index is 2.86. The van der Waals surface area contributed by atoms with Crippen molar-refractivity contribution < 1.29 is 19.7 Å². The Morgan fingerprint density at radius 1 is 1.57 bits per heavy atom. The molecule has 0 bridgehead atoms. The molecule has 7 heavy (non-hydrogen) atoms. The van der Waals surface area contributed by atoms with Crippen LogP contribution >= 0.6 is 0 Å². The van der Waals surface area contributed by atoms with Crippen molar-refractivity contribution in [3.63, 3.8) is 0 Å². The van der Waals surface area contributed by atoms with Gasteiger partial charge in [0.1, 0.15) is 0 Å². The molecule has 38 valence electrons. The van der Waals surface area contributed by atoms with Gasteiger partial charge >= 0.3 is 13.6 Å². The lowest BCUT2D eigenvalue weighted by atomic mass is 10.3. The van der Waals surface area contributed by atoms with Crippen LogP contribution in [-0.4, -0.2) is 17.4 Å². The summed E-state index contributed by atoms with van der Waals surface area (Å²) >= 11 is 0. The van der Waals surface area contributed by atoms with Gasteiger partial charge in [-0.1, -0.05) is 0 Å². The third kappa shape index (κ3) is 5.23. The highest BCUT2D eigenvalue weighted by atomic mass is 17.2. The average Bonchev–Trinajstić information content (AvgIpc) is 1.61. The fourth-order valence-corrected chi connectivity index (χ4v) is 0.0645. The lowest BCUT2D eigenvalue weighted by Crippen LogP contribution is -2.15. The molecule has 0 aromatic heterocycles. The van der Waals surface area contributed by atoms with Crippen molar-refractivity contribution in [2.45, 2.75) is 0 Å². The van der Waals surface area contributed by atoms with E-state index in [1.807, 2.05) is 0 Å². The van der Waals surface area contributed by atoms with Gasteiger partial charge in [0.25, 0.3) is 0 Å². The molecule has 0 fully saturated rings. The minimum absolute atomic E-state index is 1.06. The van der Waals surface area contributed by atoms with Crippen LogP contribution < -0.4 is 0 Å². The van der Waals surface area contributed by atoms with Gasteiger partial charge in [-0.25, -0.2) is 0 Å². The highest BCUT2D eigenvalue weighted by Gasteiger charge is 2.08. The topological polar surface area (TPSA) is 82.7 Å². The van der Waals surface area contributed by atoms with Crippen LogP contribution in [0.25, 0.3) is 0 Å². The first-order chi connectivity index (χ1) is 3.27. The van der Waals surface area contributed by atoms with Crippen LogP contribution in [0.2, 0.25) is 0 Å². The molecule has 0 unspecified atom stereocenters. The van der Waals surface area contributed by atoms with E-state index in [4.69, 9.17) is 15.3 Å². The molecule has 0 radical (unpaired) electrons. The van der Waals surface area contributed by atoms with Crippen LogP contribution in [0.1, 0.15) is 0 Å². The van der Waals surface area contributed by atoms with Crippen molar-refractivity contribution >= 4 is 7.32 Å². The number of nitrogens with zero attached hydrogens (tertiary/aromatic N) is 1. The zero-order chi connectivity index (χ0) is 5.70. The van der Waals surface area contributed by atoms with E-state index in [2.05, 4.69) is 9.69 Å². The first-order valence-electron chi connectivity index (χ1n) is 1.35. The maximum atomic E-state index is 7.74. The lowest BCUT2D eigenvalue weighted by Gasteiger charge is -1.88. The van der Waals surface area contributed by atoms with Gasteiger partial charge in [0, 0.05) is 0 Å². The second kappa shape index (κ2) is 3.43. The smallest absolute Gasteiger partial charge is 0.400 e. The van der Waals surface area contributed by atoms with Gasteiger partial charge in [-0.3, -0.25) is 4.89 Å². The summed E-state index contributed by atoms with van der Waals surface area (Å²) in [6, 6.07) is 0. The predicted octanol–water partition coefficient (Wildman–Crippen LogP) is -1.61. The second-order valence-electron chi connectivity index (χ2n) is 0.597. The van der Waals surface area contributed by atoms with E-state index >= 15 is 0 Å². The van der Waals surface area contributed by atoms with Gasteiger partial charge in [-0.2, -0.15) is 4.81 Å². The first kappa shape index (κ1) is 6.23.